The highest BCUT2D eigenvalue weighted by atomic mass is 14.2. The van der Waals surface area contributed by atoms with Crippen LogP contribution in [0, 0.1) is 18.8 Å². The van der Waals surface area contributed by atoms with E-state index in [0.29, 0.717) is 0 Å². The van der Waals surface area contributed by atoms with Gasteiger partial charge in [0.15, 0.2) is 0 Å². The third-order valence-corrected chi connectivity index (χ3v) is 3.09. The molecule has 0 amide bonds. The Balaban J connectivity index is 2.33. The summed E-state index contributed by atoms with van der Waals surface area (Å²) in [7, 11) is 0. The molecule has 1 rings (SSSR count). The van der Waals surface area contributed by atoms with Gasteiger partial charge in [-0.15, -0.1) is 0 Å². The van der Waals surface area contributed by atoms with E-state index in [1.54, 1.807) is 0 Å². The minimum atomic E-state index is 0.750. The molecule has 1 aliphatic carbocycles. The lowest BCUT2D eigenvalue weighted by Gasteiger charge is -2.24. The van der Waals surface area contributed by atoms with Gasteiger partial charge in [0.2, 0.25) is 0 Å². The van der Waals surface area contributed by atoms with Gasteiger partial charge in [-0.25, -0.2) is 0 Å². The number of hydrogen-bond acceptors (Lipinski definition) is 0. The Morgan fingerprint density at radius 3 is 2.36 bits per heavy atom. The van der Waals surface area contributed by atoms with Gasteiger partial charge >= 0.3 is 0 Å². The zero-order valence-electron chi connectivity index (χ0n) is 7.81. The van der Waals surface area contributed by atoms with Crippen LogP contribution in [0.15, 0.2) is 0 Å². The molecule has 1 saturated carbocycles. The third kappa shape index (κ3) is 2.84. The fourth-order valence-electron chi connectivity index (χ4n) is 2.18. The van der Waals surface area contributed by atoms with Gasteiger partial charge in [0.05, 0.1) is 0 Å². The first-order valence-electron chi connectivity index (χ1n) is 5.17. The molecule has 0 N–H and O–H groups in total. The average molecular weight is 153 g/mol. The molecule has 0 aromatic rings. The monoisotopic (exact) mass is 153 g/mol. The maximum absolute atomic E-state index is 4.25. The summed E-state index contributed by atoms with van der Waals surface area (Å²) in [6.07, 6.45) is 9.93. The summed E-state index contributed by atoms with van der Waals surface area (Å²) in [5.41, 5.74) is 0. The van der Waals surface area contributed by atoms with E-state index < -0.39 is 0 Å². The Kier molecular flexibility index (Phi) is 3.96. The number of rotatable bonds is 1. The van der Waals surface area contributed by atoms with Gasteiger partial charge in [-0.1, -0.05) is 51.9 Å². The maximum Gasteiger partial charge on any atom is -0.0386 e. The van der Waals surface area contributed by atoms with E-state index in [1.165, 1.54) is 44.9 Å². The second kappa shape index (κ2) is 4.79. The van der Waals surface area contributed by atoms with Crippen molar-refractivity contribution in [2.24, 2.45) is 11.8 Å². The summed E-state index contributed by atoms with van der Waals surface area (Å²) >= 11 is 0. The minimum Gasteiger partial charge on any atom is -0.0651 e. The molecule has 0 saturated heterocycles. The Morgan fingerprint density at radius 1 is 1.09 bits per heavy atom. The fourth-order valence-corrected chi connectivity index (χ4v) is 2.18. The highest BCUT2D eigenvalue weighted by Crippen LogP contribution is 2.29. The van der Waals surface area contributed by atoms with Gasteiger partial charge in [0.25, 0.3) is 0 Å². The van der Waals surface area contributed by atoms with E-state index in [0.717, 1.165) is 11.8 Å². The maximum atomic E-state index is 4.25. The van der Waals surface area contributed by atoms with Crippen LogP contribution in [0.4, 0.5) is 0 Å². The predicted molar refractivity (Wildman–Crippen MR) is 50.3 cm³/mol. The molecule has 1 fully saturated rings. The van der Waals surface area contributed by atoms with Crippen LogP contribution in [0.3, 0.4) is 0 Å². The summed E-state index contributed by atoms with van der Waals surface area (Å²) in [6.45, 7) is 6.56. The smallest absolute Gasteiger partial charge is 0.0386 e. The summed E-state index contributed by atoms with van der Waals surface area (Å²) in [5, 5.41) is 0. The minimum absolute atomic E-state index is 0.750. The van der Waals surface area contributed by atoms with Gasteiger partial charge in [-0.05, 0) is 18.8 Å². The fraction of sp³-hybridized carbons (Fsp3) is 0.909. The molecule has 0 bridgehead atoms. The van der Waals surface area contributed by atoms with Crippen LogP contribution in [0.2, 0.25) is 0 Å². The first kappa shape index (κ1) is 9.09. The van der Waals surface area contributed by atoms with E-state index in [1.807, 2.05) is 0 Å². The Morgan fingerprint density at radius 2 is 1.73 bits per heavy atom. The zero-order valence-corrected chi connectivity index (χ0v) is 7.81. The molecule has 0 nitrogen and oxygen atoms in total. The van der Waals surface area contributed by atoms with Crippen LogP contribution in [0.5, 0.6) is 0 Å². The normalized spacial score (nSPS) is 34.4. The topological polar surface area (TPSA) is 0 Å². The number of hydrogen-bond donors (Lipinski definition) is 0. The summed E-state index contributed by atoms with van der Waals surface area (Å²) < 4.78 is 0. The van der Waals surface area contributed by atoms with E-state index >= 15 is 0 Å². The molecule has 0 heterocycles. The molecule has 1 radical (unpaired) electrons. The van der Waals surface area contributed by atoms with Crippen LogP contribution in [0.25, 0.3) is 0 Å². The second-order valence-electron chi connectivity index (χ2n) is 3.92. The van der Waals surface area contributed by atoms with Crippen LogP contribution in [-0.2, 0) is 0 Å². The lowest BCUT2D eigenvalue weighted by atomic mass is 9.81. The van der Waals surface area contributed by atoms with Crippen LogP contribution >= 0.6 is 0 Å². The Hall–Kier alpha value is 0. The summed E-state index contributed by atoms with van der Waals surface area (Å²) in [6, 6.07) is 0. The van der Waals surface area contributed by atoms with Gasteiger partial charge in [0, 0.05) is 0 Å². The molecule has 0 aromatic heterocycles. The molecule has 2 atom stereocenters. The molecule has 0 aromatic carbocycles. The highest BCUT2D eigenvalue weighted by molar-refractivity contribution is 4.73. The van der Waals surface area contributed by atoms with E-state index in [-0.39, 0.29) is 0 Å². The van der Waals surface area contributed by atoms with Crippen molar-refractivity contribution in [3.63, 3.8) is 0 Å². The highest BCUT2D eigenvalue weighted by Gasteiger charge is 2.16. The predicted octanol–water partition coefficient (Wildman–Crippen LogP) is 3.82. The molecule has 0 aliphatic heterocycles. The largest absolute Gasteiger partial charge is 0.0651 e. The van der Waals surface area contributed by atoms with Crippen molar-refractivity contribution >= 4 is 0 Å². The van der Waals surface area contributed by atoms with Crippen LogP contribution in [-0.4, -0.2) is 0 Å². The average Bonchev–Trinajstić information content (AvgIpc) is 1.98. The van der Waals surface area contributed by atoms with Crippen molar-refractivity contribution in [1.29, 1.82) is 0 Å². The Labute approximate surface area is 71.4 Å². The van der Waals surface area contributed by atoms with Gasteiger partial charge in [-0.2, -0.15) is 0 Å². The second-order valence-corrected chi connectivity index (χ2v) is 3.92. The van der Waals surface area contributed by atoms with E-state index in [2.05, 4.69) is 13.8 Å². The van der Waals surface area contributed by atoms with Crippen LogP contribution in [0.1, 0.15) is 51.9 Å². The molecule has 11 heavy (non-hydrogen) atoms. The van der Waals surface area contributed by atoms with Crippen molar-refractivity contribution in [2.75, 3.05) is 0 Å². The molecule has 1 aliphatic rings. The molecule has 65 valence electrons. The van der Waals surface area contributed by atoms with E-state index in [9.17, 15) is 0 Å². The third-order valence-electron chi connectivity index (χ3n) is 3.09. The lowest BCUT2D eigenvalue weighted by Crippen LogP contribution is -2.13. The Bertz CT molecular complexity index is 96.2. The summed E-state index contributed by atoms with van der Waals surface area (Å²) in [4.78, 5) is 0. The van der Waals surface area contributed by atoms with Crippen molar-refractivity contribution in [3.8, 4) is 0 Å². The van der Waals surface area contributed by atoms with Gasteiger partial charge in [0.1, 0.15) is 0 Å². The molecule has 0 spiro atoms. The zero-order chi connectivity index (χ0) is 8.10. The summed E-state index contributed by atoms with van der Waals surface area (Å²) in [5.74, 6) is 1.68. The molecule has 0 heteroatoms. The molecular formula is C11H21. The van der Waals surface area contributed by atoms with Gasteiger partial charge < -0.3 is 0 Å². The van der Waals surface area contributed by atoms with Crippen molar-refractivity contribution in [1.82, 2.24) is 0 Å². The first-order valence-corrected chi connectivity index (χ1v) is 5.17. The molecular weight excluding hydrogens is 132 g/mol. The lowest BCUT2D eigenvalue weighted by molar-refractivity contribution is 0.298. The standard InChI is InChI=1S/C11H21/c1-3-11-9-7-5-4-6-8-10(11)2/h10-11H,2-9H2,1H3. The van der Waals surface area contributed by atoms with Crippen molar-refractivity contribution in [2.45, 2.75) is 51.9 Å². The SMILES string of the molecule is [CH2]C1CCCCCCC1CC. The van der Waals surface area contributed by atoms with Crippen molar-refractivity contribution < 1.29 is 0 Å². The first-order chi connectivity index (χ1) is 5.34. The quantitative estimate of drug-likeness (QED) is 0.537. The molecule has 2 unspecified atom stereocenters. The van der Waals surface area contributed by atoms with Crippen LogP contribution < -0.4 is 0 Å². The van der Waals surface area contributed by atoms with Gasteiger partial charge in [-0.3, -0.25) is 0 Å². The van der Waals surface area contributed by atoms with Crippen molar-refractivity contribution in [3.05, 3.63) is 6.92 Å². The van der Waals surface area contributed by atoms with E-state index in [4.69, 9.17) is 0 Å².